The Labute approximate surface area is 138 Å². The third-order valence-electron chi connectivity index (χ3n) is 3.09. The van der Waals surface area contributed by atoms with E-state index in [1.807, 2.05) is 24.3 Å². The highest BCUT2D eigenvalue weighted by atomic mass is 35.7. The van der Waals surface area contributed by atoms with E-state index in [0.717, 1.165) is 11.1 Å². The molecule has 0 aliphatic carbocycles. The first kappa shape index (κ1) is 15.5. The molecule has 0 spiro atoms. The molecule has 0 amide bonds. The number of hydrogen-bond donors (Lipinski definition) is 0. The second kappa shape index (κ2) is 6.36. The predicted molar refractivity (Wildman–Crippen MR) is 87.0 cm³/mol. The van der Waals surface area contributed by atoms with Crippen molar-refractivity contribution < 1.29 is 13.2 Å². The van der Waals surface area contributed by atoms with E-state index in [2.05, 4.69) is 9.97 Å². The van der Waals surface area contributed by atoms with E-state index in [9.17, 15) is 8.42 Å². The molecular formula is C16H11ClN2O3S. The van der Waals surface area contributed by atoms with Crippen LogP contribution in [0.3, 0.4) is 0 Å². The molecule has 0 aliphatic heterocycles. The maximum atomic E-state index is 11.2. The normalized spacial score (nSPS) is 11.2. The van der Waals surface area contributed by atoms with Crippen LogP contribution in [0.5, 0.6) is 11.5 Å². The molecule has 5 nitrogen and oxygen atoms in total. The van der Waals surface area contributed by atoms with E-state index in [0.29, 0.717) is 11.5 Å². The molecule has 1 heterocycles. The van der Waals surface area contributed by atoms with Gasteiger partial charge in [-0.1, -0.05) is 12.1 Å². The van der Waals surface area contributed by atoms with Crippen molar-refractivity contribution in [1.29, 1.82) is 0 Å². The lowest BCUT2D eigenvalue weighted by molar-refractivity contribution is 0.482. The summed E-state index contributed by atoms with van der Waals surface area (Å²) in [4.78, 5) is 7.99. The van der Waals surface area contributed by atoms with Gasteiger partial charge < -0.3 is 4.74 Å². The lowest BCUT2D eigenvalue weighted by Gasteiger charge is -2.07. The fraction of sp³-hybridized carbons (Fsp3) is 0. The molecule has 0 atom stereocenters. The average molecular weight is 347 g/mol. The first-order valence-electron chi connectivity index (χ1n) is 6.60. The van der Waals surface area contributed by atoms with Crippen molar-refractivity contribution in [3.63, 3.8) is 0 Å². The number of benzene rings is 2. The van der Waals surface area contributed by atoms with Crippen molar-refractivity contribution in [3.05, 3.63) is 67.3 Å². The molecule has 2 aromatic carbocycles. The van der Waals surface area contributed by atoms with E-state index < -0.39 is 9.05 Å². The molecule has 1 aromatic heterocycles. The second-order valence-electron chi connectivity index (χ2n) is 4.66. The summed E-state index contributed by atoms with van der Waals surface area (Å²) in [6, 6.07) is 13.3. The van der Waals surface area contributed by atoms with E-state index in [1.165, 1.54) is 18.5 Å². The zero-order valence-corrected chi connectivity index (χ0v) is 13.3. The molecule has 3 aromatic rings. The molecule has 0 aliphatic rings. The van der Waals surface area contributed by atoms with Gasteiger partial charge in [-0.05, 0) is 42.0 Å². The minimum absolute atomic E-state index is 0.0333. The first-order valence-corrected chi connectivity index (χ1v) is 8.91. The highest BCUT2D eigenvalue weighted by Crippen LogP contribution is 2.26. The molecule has 3 rings (SSSR count). The van der Waals surface area contributed by atoms with Crippen LogP contribution in [0.25, 0.3) is 11.1 Å². The molecule has 0 N–H and O–H groups in total. The van der Waals surface area contributed by atoms with Crippen LogP contribution >= 0.6 is 10.7 Å². The number of halogens is 1. The Morgan fingerprint density at radius 1 is 0.783 bits per heavy atom. The summed E-state index contributed by atoms with van der Waals surface area (Å²) in [6.07, 6.45) is 4.94. The SMILES string of the molecule is O=S(=O)(Cl)c1ccc(Oc2ccc(-c3cncnc3)cc2)cc1. The molecule has 116 valence electrons. The summed E-state index contributed by atoms with van der Waals surface area (Å²) in [7, 11) is 1.54. The van der Waals surface area contributed by atoms with E-state index in [1.54, 1.807) is 24.5 Å². The van der Waals surface area contributed by atoms with E-state index >= 15 is 0 Å². The van der Waals surface area contributed by atoms with Gasteiger partial charge >= 0.3 is 0 Å². The molecule has 0 radical (unpaired) electrons. The smallest absolute Gasteiger partial charge is 0.261 e. The molecule has 0 unspecified atom stereocenters. The highest BCUT2D eigenvalue weighted by Gasteiger charge is 2.09. The van der Waals surface area contributed by atoms with Gasteiger partial charge in [-0.2, -0.15) is 0 Å². The number of rotatable bonds is 4. The van der Waals surface area contributed by atoms with Crippen LogP contribution in [0, 0.1) is 0 Å². The summed E-state index contributed by atoms with van der Waals surface area (Å²) in [5, 5.41) is 0. The van der Waals surface area contributed by atoms with Crippen LogP contribution in [0.15, 0.2) is 72.1 Å². The monoisotopic (exact) mass is 346 g/mol. The molecule has 0 fully saturated rings. The molecule has 7 heteroatoms. The third kappa shape index (κ3) is 3.85. The largest absolute Gasteiger partial charge is 0.457 e. The Morgan fingerprint density at radius 3 is 1.83 bits per heavy atom. The van der Waals surface area contributed by atoms with Gasteiger partial charge in [0.25, 0.3) is 9.05 Å². The molecule has 0 saturated carbocycles. The predicted octanol–water partition coefficient (Wildman–Crippen LogP) is 3.86. The van der Waals surface area contributed by atoms with Gasteiger partial charge in [0.05, 0.1) is 4.90 Å². The maximum Gasteiger partial charge on any atom is 0.261 e. The first-order chi connectivity index (χ1) is 11.0. The van der Waals surface area contributed by atoms with Crippen molar-refractivity contribution in [2.24, 2.45) is 0 Å². The topological polar surface area (TPSA) is 69.2 Å². The summed E-state index contributed by atoms with van der Waals surface area (Å²) in [5.41, 5.74) is 1.89. The molecule has 23 heavy (non-hydrogen) atoms. The van der Waals surface area contributed by atoms with Crippen molar-refractivity contribution in [2.45, 2.75) is 4.90 Å². The standard InChI is InChI=1S/C16H11ClN2O3S/c17-23(20,21)16-7-5-15(6-8-16)22-14-3-1-12(2-4-14)13-9-18-11-19-10-13/h1-11H. The summed E-state index contributed by atoms with van der Waals surface area (Å²) >= 11 is 0. The molecule has 0 saturated heterocycles. The summed E-state index contributed by atoms with van der Waals surface area (Å²) < 4.78 is 28.0. The zero-order chi connectivity index (χ0) is 16.3. The fourth-order valence-corrected chi connectivity index (χ4v) is 2.74. The van der Waals surface area contributed by atoms with E-state index in [-0.39, 0.29) is 4.90 Å². The lowest BCUT2D eigenvalue weighted by atomic mass is 10.1. The molecular weight excluding hydrogens is 336 g/mol. The van der Waals surface area contributed by atoms with Gasteiger partial charge in [0.2, 0.25) is 0 Å². The Bertz CT molecular complexity index is 896. The highest BCUT2D eigenvalue weighted by molar-refractivity contribution is 8.13. The number of aromatic nitrogens is 2. The Hall–Kier alpha value is -2.44. The quantitative estimate of drug-likeness (QED) is 0.671. The third-order valence-corrected chi connectivity index (χ3v) is 4.46. The van der Waals surface area contributed by atoms with E-state index in [4.69, 9.17) is 15.4 Å². The van der Waals surface area contributed by atoms with Crippen molar-refractivity contribution in [1.82, 2.24) is 9.97 Å². The van der Waals surface area contributed by atoms with Crippen LogP contribution in [-0.2, 0) is 9.05 Å². The van der Waals surface area contributed by atoms with Gasteiger partial charge in [0.1, 0.15) is 17.8 Å². The lowest BCUT2D eigenvalue weighted by Crippen LogP contribution is -1.90. The Balaban J connectivity index is 1.76. The fourth-order valence-electron chi connectivity index (χ4n) is 1.97. The van der Waals surface area contributed by atoms with Gasteiger partial charge in [-0.25, -0.2) is 18.4 Å². The molecule has 0 bridgehead atoms. The van der Waals surface area contributed by atoms with Crippen LogP contribution in [0.4, 0.5) is 0 Å². The minimum atomic E-state index is -3.72. The van der Waals surface area contributed by atoms with Crippen LogP contribution in [0.2, 0.25) is 0 Å². The number of ether oxygens (including phenoxy) is 1. The number of hydrogen-bond acceptors (Lipinski definition) is 5. The van der Waals surface area contributed by atoms with Crippen LogP contribution < -0.4 is 4.74 Å². The minimum Gasteiger partial charge on any atom is -0.457 e. The zero-order valence-electron chi connectivity index (χ0n) is 11.8. The van der Waals surface area contributed by atoms with Gasteiger partial charge in [0.15, 0.2) is 0 Å². The maximum absolute atomic E-state index is 11.2. The summed E-state index contributed by atoms with van der Waals surface area (Å²) in [5.74, 6) is 1.15. The Kier molecular flexibility index (Phi) is 4.27. The van der Waals surface area contributed by atoms with Crippen molar-refractivity contribution >= 4 is 19.7 Å². The van der Waals surface area contributed by atoms with Gasteiger partial charge in [-0.3, -0.25) is 0 Å². The average Bonchev–Trinajstić information content (AvgIpc) is 2.56. The van der Waals surface area contributed by atoms with Crippen molar-refractivity contribution in [3.8, 4) is 22.6 Å². The Morgan fingerprint density at radius 2 is 1.30 bits per heavy atom. The van der Waals surface area contributed by atoms with Crippen LogP contribution in [0.1, 0.15) is 0 Å². The van der Waals surface area contributed by atoms with Gasteiger partial charge in [0, 0.05) is 28.6 Å². The summed E-state index contributed by atoms with van der Waals surface area (Å²) in [6.45, 7) is 0. The second-order valence-corrected chi connectivity index (χ2v) is 7.23. The number of nitrogens with zero attached hydrogens (tertiary/aromatic N) is 2. The van der Waals surface area contributed by atoms with Gasteiger partial charge in [-0.15, -0.1) is 0 Å². The van der Waals surface area contributed by atoms with Crippen LogP contribution in [-0.4, -0.2) is 18.4 Å². The van der Waals surface area contributed by atoms with Crippen molar-refractivity contribution in [2.75, 3.05) is 0 Å².